The number of aromatic nitrogens is 3. The highest BCUT2D eigenvalue weighted by molar-refractivity contribution is 5.54. The minimum Gasteiger partial charge on any atom is -0.369 e. The first-order valence-corrected chi connectivity index (χ1v) is 5.31. The summed E-state index contributed by atoms with van der Waals surface area (Å²) in [4.78, 5) is 18.1. The first-order chi connectivity index (χ1) is 9.19. The molecule has 0 aromatic carbocycles. The predicted molar refractivity (Wildman–Crippen MR) is 65.2 cm³/mol. The van der Waals surface area contributed by atoms with Crippen LogP contribution in [-0.4, -0.2) is 26.6 Å². The molecule has 19 heavy (non-hydrogen) atoms. The molecule has 0 unspecified atom stereocenters. The summed E-state index contributed by atoms with van der Waals surface area (Å²) in [6.07, 6.45) is 1.78. The molecule has 0 aliphatic heterocycles. The van der Waals surface area contributed by atoms with Gasteiger partial charge in [0.15, 0.2) is 6.33 Å². The zero-order valence-electron chi connectivity index (χ0n) is 9.74. The normalized spacial score (nSPS) is 10.2. The van der Waals surface area contributed by atoms with Crippen LogP contribution in [0.2, 0.25) is 0 Å². The van der Waals surface area contributed by atoms with E-state index in [1.165, 1.54) is 18.5 Å². The molecule has 0 bridgehead atoms. The van der Waals surface area contributed by atoms with Gasteiger partial charge in [-0.2, -0.15) is 4.98 Å². The standard InChI is InChI=1S/C9H11N7O3/c10-15-8-4-6(16(17)18)3-7(14-8)11-2-1-9-12-5-13-19-9/h3-5H,1-2,10H2,(H2,11,14,15). The third-order valence-electron chi connectivity index (χ3n) is 2.22. The Morgan fingerprint density at radius 1 is 1.42 bits per heavy atom. The number of hydrogen-bond donors (Lipinski definition) is 3. The fourth-order valence-corrected chi connectivity index (χ4v) is 1.39. The second kappa shape index (κ2) is 5.73. The topological polar surface area (TPSA) is 145 Å². The Kier molecular flexibility index (Phi) is 3.83. The fourth-order valence-electron chi connectivity index (χ4n) is 1.39. The number of nitro groups is 1. The summed E-state index contributed by atoms with van der Waals surface area (Å²) in [6, 6.07) is 2.55. The van der Waals surface area contributed by atoms with Crippen LogP contribution in [0.25, 0.3) is 0 Å². The lowest BCUT2D eigenvalue weighted by Gasteiger charge is -2.06. The maximum absolute atomic E-state index is 10.7. The molecule has 4 N–H and O–H groups in total. The average molecular weight is 265 g/mol. The van der Waals surface area contributed by atoms with Crippen molar-refractivity contribution >= 4 is 17.3 Å². The first-order valence-electron chi connectivity index (χ1n) is 5.31. The third kappa shape index (κ3) is 3.35. The lowest BCUT2D eigenvalue weighted by Crippen LogP contribution is -2.12. The van der Waals surface area contributed by atoms with Crippen LogP contribution < -0.4 is 16.6 Å². The van der Waals surface area contributed by atoms with Crippen molar-refractivity contribution in [3.05, 3.63) is 34.5 Å². The van der Waals surface area contributed by atoms with Gasteiger partial charge in [0.2, 0.25) is 5.89 Å². The van der Waals surface area contributed by atoms with Crippen LogP contribution in [0.5, 0.6) is 0 Å². The summed E-state index contributed by atoms with van der Waals surface area (Å²) < 4.78 is 4.82. The van der Waals surface area contributed by atoms with Crippen molar-refractivity contribution in [2.75, 3.05) is 17.3 Å². The Balaban J connectivity index is 2.02. The molecule has 2 aromatic rings. The van der Waals surface area contributed by atoms with E-state index in [1.807, 2.05) is 0 Å². The molecule has 10 nitrogen and oxygen atoms in total. The SMILES string of the molecule is NNc1cc([N+](=O)[O-])cc(NCCc2ncno2)n1. The molecule has 100 valence electrons. The smallest absolute Gasteiger partial charge is 0.276 e. The molecular formula is C9H11N7O3. The molecule has 0 aliphatic rings. The van der Waals surface area contributed by atoms with Gasteiger partial charge >= 0.3 is 0 Å². The van der Waals surface area contributed by atoms with Crippen molar-refractivity contribution in [3.63, 3.8) is 0 Å². The fraction of sp³-hybridized carbons (Fsp3) is 0.222. The first kappa shape index (κ1) is 12.7. The van der Waals surface area contributed by atoms with Crippen molar-refractivity contribution in [2.24, 2.45) is 5.84 Å². The van der Waals surface area contributed by atoms with E-state index in [1.54, 1.807) is 0 Å². The van der Waals surface area contributed by atoms with Gasteiger partial charge in [-0.3, -0.25) is 10.1 Å². The number of nitrogens with two attached hydrogens (primary N) is 1. The van der Waals surface area contributed by atoms with E-state index in [9.17, 15) is 10.1 Å². The number of nitrogen functional groups attached to an aromatic ring is 1. The molecule has 0 aliphatic carbocycles. The molecule has 0 fully saturated rings. The van der Waals surface area contributed by atoms with E-state index in [0.29, 0.717) is 24.7 Å². The number of hydrazine groups is 1. The largest absolute Gasteiger partial charge is 0.369 e. The molecule has 0 saturated heterocycles. The number of pyridine rings is 1. The lowest BCUT2D eigenvalue weighted by molar-refractivity contribution is -0.384. The van der Waals surface area contributed by atoms with E-state index in [-0.39, 0.29) is 11.5 Å². The summed E-state index contributed by atoms with van der Waals surface area (Å²) in [5.41, 5.74) is 2.16. The van der Waals surface area contributed by atoms with Crippen LogP contribution in [0.3, 0.4) is 0 Å². The quantitative estimate of drug-likeness (QED) is 0.381. The highest BCUT2D eigenvalue weighted by Gasteiger charge is 2.10. The van der Waals surface area contributed by atoms with E-state index in [2.05, 4.69) is 25.9 Å². The Bertz CT molecular complexity index is 557. The maximum Gasteiger partial charge on any atom is 0.276 e. The minimum atomic E-state index is -0.522. The average Bonchev–Trinajstić information content (AvgIpc) is 2.91. The van der Waals surface area contributed by atoms with Crippen molar-refractivity contribution < 1.29 is 9.45 Å². The minimum absolute atomic E-state index is 0.108. The van der Waals surface area contributed by atoms with Crippen LogP contribution in [0.4, 0.5) is 17.3 Å². The Labute approximate surface area is 107 Å². The Morgan fingerprint density at radius 2 is 2.21 bits per heavy atom. The zero-order valence-corrected chi connectivity index (χ0v) is 9.74. The zero-order chi connectivity index (χ0) is 13.7. The lowest BCUT2D eigenvalue weighted by atomic mass is 10.3. The molecule has 2 heterocycles. The second-order valence-electron chi connectivity index (χ2n) is 3.51. The summed E-state index contributed by atoms with van der Waals surface area (Å²) >= 11 is 0. The molecule has 0 atom stereocenters. The number of nitrogens with one attached hydrogen (secondary N) is 2. The van der Waals surface area contributed by atoms with Crippen LogP contribution >= 0.6 is 0 Å². The van der Waals surface area contributed by atoms with Crippen molar-refractivity contribution in [3.8, 4) is 0 Å². The van der Waals surface area contributed by atoms with Crippen molar-refractivity contribution in [2.45, 2.75) is 6.42 Å². The van der Waals surface area contributed by atoms with Gasteiger partial charge in [-0.05, 0) is 0 Å². The maximum atomic E-state index is 10.7. The summed E-state index contributed by atoms with van der Waals surface area (Å²) in [5, 5.41) is 17.1. The number of hydrogen-bond acceptors (Lipinski definition) is 9. The van der Waals surface area contributed by atoms with Crippen LogP contribution in [0.15, 0.2) is 23.0 Å². The summed E-state index contributed by atoms with van der Waals surface area (Å²) in [5.74, 6) is 6.20. The number of nitrogens with zero attached hydrogens (tertiary/aromatic N) is 4. The van der Waals surface area contributed by atoms with Gasteiger partial charge in [0.1, 0.15) is 11.6 Å². The molecule has 10 heteroatoms. The second-order valence-corrected chi connectivity index (χ2v) is 3.51. The summed E-state index contributed by atoms with van der Waals surface area (Å²) in [7, 11) is 0. The molecule has 0 amide bonds. The van der Waals surface area contributed by atoms with Crippen LogP contribution in [0.1, 0.15) is 5.89 Å². The Morgan fingerprint density at radius 3 is 2.84 bits per heavy atom. The monoisotopic (exact) mass is 265 g/mol. The van der Waals surface area contributed by atoms with E-state index >= 15 is 0 Å². The molecule has 0 saturated carbocycles. The molecule has 2 aromatic heterocycles. The van der Waals surface area contributed by atoms with Crippen molar-refractivity contribution in [1.29, 1.82) is 0 Å². The van der Waals surface area contributed by atoms with Gasteiger partial charge < -0.3 is 15.3 Å². The van der Waals surface area contributed by atoms with E-state index in [0.717, 1.165) is 0 Å². The molecular weight excluding hydrogens is 254 g/mol. The van der Waals surface area contributed by atoms with E-state index in [4.69, 9.17) is 10.4 Å². The van der Waals surface area contributed by atoms with Gasteiger partial charge in [-0.25, -0.2) is 10.8 Å². The molecule has 2 rings (SSSR count). The van der Waals surface area contributed by atoms with Gasteiger partial charge in [-0.15, -0.1) is 0 Å². The van der Waals surface area contributed by atoms with Gasteiger partial charge in [0.05, 0.1) is 17.1 Å². The van der Waals surface area contributed by atoms with Crippen LogP contribution in [0, 0.1) is 10.1 Å². The van der Waals surface area contributed by atoms with E-state index < -0.39 is 4.92 Å². The molecule has 0 radical (unpaired) electrons. The van der Waals surface area contributed by atoms with Gasteiger partial charge in [-0.1, -0.05) is 5.16 Å². The Hall–Kier alpha value is -2.75. The predicted octanol–water partition coefficient (Wildman–Crippen LogP) is 0.313. The van der Waals surface area contributed by atoms with Gasteiger partial charge in [0, 0.05) is 13.0 Å². The van der Waals surface area contributed by atoms with Crippen molar-refractivity contribution in [1.82, 2.24) is 15.1 Å². The molecule has 0 spiro atoms. The highest BCUT2D eigenvalue weighted by Crippen LogP contribution is 2.19. The number of rotatable bonds is 6. The van der Waals surface area contributed by atoms with Gasteiger partial charge in [0.25, 0.3) is 5.69 Å². The highest BCUT2D eigenvalue weighted by atomic mass is 16.6. The number of anilines is 2. The summed E-state index contributed by atoms with van der Waals surface area (Å²) in [6.45, 7) is 0.445. The van der Waals surface area contributed by atoms with Crippen LogP contribution in [-0.2, 0) is 6.42 Å². The third-order valence-corrected chi connectivity index (χ3v) is 2.22.